The zero-order valence-electron chi connectivity index (χ0n) is 11.7. The summed E-state index contributed by atoms with van der Waals surface area (Å²) < 4.78 is 0. The Morgan fingerprint density at radius 2 is 2.15 bits per heavy atom. The third-order valence-electron chi connectivity index (χ3n) is 3.71. The van der Waals surface area contributed by atoms with Crippen molar-refractivity contribution in [2.45, 2.75) is 24.2 Å². The van der Waals surface area contributed by atoms with E-state index in [9.17, 15) is 9.59 Å². The van der Waals surface area contributed by atoms with Crippen LogP contribution in [0, 0.1) is 5.92 Å². The summed E-state index contributed by atoms with van der Waals surface area (Å²) in [7, 11) is 0. The van der Waals surface area contributed by atoms with E-state index in [1.807, 2.05) is 30.5 Å². The number of thioether (sulfide) groups is 1. The van der Waals surface area contributed by atoms with Crippen molar-refractivity contribution < 1.29 is 9.59 Å². The minimum absolute atomic E-state index is 0.0810. The number of carbonyl (C=O) groups is 2. The van der Waals surface area contributed by atoms with Gasteiger partial charge in [0, 0.05) is 18.0 Å². The van der Waals surface area contributed by atoms with Gasteiger partial charge in [-0.25, -0.2) is 0 Å². The molecule has 0 aromatic heterocycles. The second kappa shape index (κ2) is 6.79. The highest BCUT2D eigenvalue weighted by atomic mass is 32.2. The number of carbonyl (C=O) groups excluding carboxylic acids is 2. The second-order valence-corrected chi connectivity index (χ2v) is 5.92. The molecule has 0 aliphatic carbocycles. The van der Waals surface area contributed by atoms with Gasteiger partial charge in [-0.05, 0) is 30.7 Å². The Bertz CT molecular complexity index is 504. The molecule has 2 N–H and O–H groups in total. The van der Waals surface area contributed by atoms with Crippen LogP contribution in [-0.4, -0.2) is 36.1 Å². The molecule has 20 heavy (non-hydrogen) atoms. The Hall–Kier alpha value is -1.49. The normalized spacial score (nSPS) is 18.9. The second-order valence-electron chi connectivity index (χ2n) is 5.07. The van der Waals surface area contributed by atoms with Crippen molar-refractivity contribution in [3.8, 4) is 0 Å². The molecule has 108 valence electrons. The molecule has 1 aromatic rings. The summed E-state index contributed by atoms with van der Waals surface area (Å²) >= 11 is 1.64. The van der Waals surface area contributed by atoms with Gasteiger partial charge in [0.15, 0.2) is 0 Å². The molecular formula is C15H20N2O2S. The number of piperidine rings is 1. The summed E-state index contributed by atoms with van der Waals surface area (Å²) in [5, 5.41) is 0. The molecule has 1 aliphatic rings. The average molecular weight is 292 g/mol. The fourth-order valence-electron chi connectivity index (χ4n) is 2.56. The van der Waals surface area contributed by atoms with Crippen molar-refractivity contribution in [1.82, 2.24) is 4.90 Å². The standard InChI is InChI=1S/C15H20N2O2S/c1-20-13-7-3-2-5-11(13)9-14(18)17-8-4-6-12(10-17)15(16)19/h2-3,5,7,12H,4,6,8-10H2,1H3,(H2,16,19)/t12-/m0/s1. The van der Waals surface area contributed by atoms with E-state index in [1.165, 1.54) is 0 Å². The van der Waals surface area contributed by atoms with Crippen molar-refractivity contribution in [3.63, 3.8) is 0 Å². The van der Waals surface area contributed by atoms with Gasteiger partial charge in [-0.2, -0.15) is 0 Å². The molecule has 1 fully saturated rings. The highest BCUT2D eigenvalue weighted by Gasteiger charge is 2.27. The maximum atomic E-state index is 12.4. The number of amides is 2. The van der Waals surface area contributed by atoms with Crippen LogP contribution in [0.2, 0.25) is 0 Å². The minimum Gasteiger partial charge on any atom is -0.369 e. The Balaban J connectivity index is 2.02. The Labute approximate surface area is 123 Å². The number of nitrogens with zero attached hydrogens (tertiary/aromatic N) is 1. The molecule has 0 radical (unpaired) electrons. The number of benzene rings is 1. The highest BCUT2D eigenvalue weighted by Crippen LogP contribution is 2.22. The van der Waals surface area contributed by atoms with Gasteiger partial charge in [0.25, 0.3) is 0 Å². The Morgan fingerprint density at radius 1 is 1.40 bits per heavy atom. The van der Waals surface area contributed by atoms with Crippen molar-refractivity contribution in [1.29, 1.82) is 0 Å². The number of hydrogen-bond acceptors (Lipinski definition) is 3. The van der Waals surface area contributed by atoms with E-state index in [2.05, 4.69) is 0 Å². The fourth-order valence-corrected chi connectivity index (χ4v) is 3.18. The summed E-state index contributed by atoms with van der Waals surface area (Å²) in [6.07, 6.45) is 4.04. The van der Waals surface area contributed by atoms with Crippen molar-refractivity contribution >= 4 is 23.6 Å². The highest BCUT2D eigenvalue weighted by molar-refractivity contribution is 7.98. The van der Waals surface area contributed by atoms with Crippen LogP contribution in [0.25, 0.3) is 0 Å². The van der Waals surface area contributed by atoms with E-state index in [0.29, 0.717) is 13.0 Å². The smallest absolute Gasteiger partial charge is 0.227 e. The Kier molecular flexibility index (Phi) is 5.06. The topological polar surface area (TPSA) is 63.4 Å². The van der Waals surface area contributed by atoms with Crippen molar-refractivity contribution in [2.24, 2.45) is 11.7 Å². The van der Waals surface area contributed by atoms with Crippen LogP contribution in [0.15, 0.2) is 29.2 Å². The predicted octanol–water partition coefficient (Wildman–Crippen LogP) is 1.67. The van der Waals surface area contributed by atoms with Gasteiger partial charge in [-0.15, -0.1) is 11.8 Å². The number of hydrogen-bond donors (Lipinski definition) is 1. The maximum absolute atomic E-state index is 12.4. The lowest BCUT2D eigenvalue weighted by atomic mass is 9.97. The first-order valence-electron chi connectivity index (χ1n) is 6.80. The first kappa shape index (κ1) is 14.9. The van der Waals surface area contributed by atoms with Gasteiger partial charge in [0.05, 0.1) is 12.3 Å². The zero-order chi connectivity index (χ0) is 14.5. The lowest BCUT2D eigenvalue weighted by Gasteiger charge is -2.31. The van der Waals surface area contributed by atoms with Gasteiger partial charge in [0.2, 0.25) is 11.8 Å². The maximum Gasteiger partial charge on any atom is 0.227 e. The minimum atomic E-state index is -0.299. The monoisotopic (exact) mass is 292 g/mol. The molecular weight excluding hydrogens is 272 g/mol. The summed E-state index contributed by atoms with van der Waals surface area (Å²) in [4.78, 5) is 26.5. The molecule has 1 atom stereocenters. The first-order valence-corrected chi connectivity index (χ1v) is 8.03. The summed E-state index contributed by atoms with van der Waals surface area (Å²) in [5.41, 5.74) is 6.39. The van der Waals surface area contributed by atoms with Gasteiger partial charge in [-0.1, -0.05) is 18.2 Å². The van der Waals surface area contributed by atoms with Crippen molar-refractivity contribution in [2.75, 3.05) is 19.3 Å². The van der Waals surface area contributed by atoms with Crippen LogP contribution >= 0.6 is 11.8 Å². The van der Waals surface area contributed by atoms with E-state index < -0.39 is 0 Å². The van der Waals surface area contributed by atoms with E-state index in [0.717, 1.165) is 29.8 Å². The molecule has 0 saturated carbocycles. The summed E-state index contributed by atoms with van der Waals surface area (Å²) in [6, 6.07) is 7.93. The van der Waals surface area contributed by atoms with Gasteiger partial charge >= 0.3 is 0 Å². The van der Waals surface area contributed by atoms with Gasteiger partial charge in [-0.3, -0.25) is 9.59 Å². The molecule has 1 aliphatic heterocycles. The third-order valence-corrected chi connectivity index (χ3v) is 4.55. The van der Waals surface area contributed by atoms with E-state index in [1.54, 1.807) is 16.7 Å². The number of likely N-dealkylation sites (tertiary alicyclic amines) is 1. The first-order chi connectivity index (χ1) is 9.61. The van der Waals surface area contributed by atoms with E-state index in [4.69, 9.17) is 5.73 Å². The molecule has 0 unspecified atom stereocenters. The van der Waals surface area contributed by atoms with Crippen LogP contribution in [-0.2, 0) is 16.0 Å². The predicted molar refractivity (Wildman–Crippen MR) is 80.4 cm³/mol. The largest absolute Gasteiger partial charge is 0.369 e. The van der Waals surface area contributed by atoms with Crippen LogP contribution < -0.4 is 5.73 Å². The van der Waals surface area contributed by atoms with Crippen LogP contribution in [0.3, 0.4) is 0 Å². The molecule has 4 nitrogen and oxygen atoms in total. The molecule has 1 saturated heterocycles. The third kappa shape index (κ3) is 3.54. The Morgan fingerprint density at radius 3 is 2.85 bits per heavy atom. The van der Waals surface area contributed by atoms with Crippen LogP contribution in [0.4, 0.5) is 0 Å². The SMILES string of the molecule is CSc1ccccc1CC(=O)N1CCC[C@H](C(N)=O)C1. The van der Waals surface area contributed by atoms with Gasteiger partial charge < -0.3 is 10.6 Å². The molecule has 0 spiro atoms. The van der Waals surface area contributed by atoms with E-state index in [-0.39, 0.29) is 17.7 Å². The van der Waals surface area contributed by atoms with Crippen LogP contribution in [0.5, 0.6) is 0 Å². The summed E-state index contributed by atoms with van der Waals surface area (Å²) in [6.45, 7) is 1.19. The van der Waals surface area contributed by atoms with Crippen molar-refractivity contribution in [3.05, 3.63) is 29.8 Å². The number of primary amides is 1. The molecule has 0 bridgehead atoms. The quantitative estimate of drug-likeness (QED) is 0.859. The molecule has 2 rings (SSSR count). The van der Waals surface area contributed by atoms with Gasteiger partial charge in [0.1, 0.15) is 0 Å². The molecule has 1 aromatic carbocycles. The summed E-state index contributed by atoms with van der Waals surface area (Å²) in [5.74, 6) is -0.409. The lowest BCUT2D eigenvalue weighted by Crippen LogP contribution is -2.44. The fraction of sp³-hybridized carbons (Fsp3) is 0.467. The molecule has 2 amide bonds. The molecule has 5 heteroatoms. The zero-order valence-corrected chi connectivity index (χ0v) is 12.5. The lowest BCUT2D eigenvalue weighted by molar-refractivity contribution is -0.134. The van der Waals surface area contributed by atoms with E-state index >= 15 is 0 Å². The number of nitrogens with two attached hydrogens (primary N) is 1. The van der Waals surface area contributed by atoms with Crippen LogP contribution in [0.1, 0.15) is 18.4 Å². The molecule has 1 heterocycles. The average Bonchev–Trinajstić information content (AvgIpc) is 2.48. The number of rotatable bonds is 4.